The standard InChI is InChI=1S/C35H28N2O4/c1-22-16-31-32(36-20-24-9-7-15-37(24)35(31)39)19-33(22)41-21-40-25-10-6-8-23(17-25)18-30-26-11-2-4-13-28(26)34(38)29-14-5-3-12-27(29)30/h2-6,8,10-14,16-20,24H,7,9,15,21H2,1H3/t24-/m0/s1. The molecule has 1 amide bonds. The Morgan fingerprint density at radius 3 is 2.34 bits per heavy atom. The van der Waals surface area contributed by atoms with Crippen molar-refractivity contribution >= 4 is 35.2 Å². The van der Waals surface area contributed by atoms with Crippen molar-refractivity contribution in [2.45, 2.75) is 25.8 Å². The first-order valence-corrected chi connectivity index (χ1v) is 13.9. The molecule has 0 saturated carbocycles. The lowest BCUT2D eigenvalue weighted by molar-refractivity contribution is 0.0774. The number of hydrogen-bond acceptors (Lipinski definition) is 5. The molecule has 0 spiro atoms. The number of carbonyl (C=O) groups is 2. The smallest absolute Gasteiger partial charge is 0.256 e. The Kier molecular flexibility index (Phi) is 6.23. The Morgan fingerprint density at radius 2 is 1.59 bits per heavy atom. The van der Waals surface area contributed by atoms with Crippen LogP contribution in [0.25, 0.3) is 11.6 Å². The van der Waals surface area contributed by atoms with Crippen LogP contribution in [0, 0.1) is 6.92 Å². The fourth-order valence-corrected chi connectivity index (χ4v) is 5.93. The molecule has 1 atom stereocenters. The molecule has 2 heterocycles. The van der Waals surface area contributed by atoms with Gasteiger partial charge in [0.25, 0.3) is 5.91 Å². The molecule has 4 aromatic carbocycles. The summed E-state index contributed by atoms with van der Waals surface area (Å²) in [7, 11) is 0. The van der Waals surface area contributed by atoms with E-state index in [0.29, 0.717) is 33.9 Å². The summed E-state index contributed by atoms with van der Waals surface area (Å²) in [4.78, 5) is 32.7. The number of hydrogen-bond donors (Lipinski definition) is 0. The Hall–Kier alpha value is -4.97. The number of rotatable bonds is 5. The molecular formula is C35H28N2O4. The van der Waals surface area contributed by atoms with Crippen LogP contribution in [0.5, 0.6) is 11.5 Å². The SMILES string of the molecule is Cc1cc2c(cc1OCOc1cccc(C=C3c4ccccc4C(=O)c4ccccc43)c1)N=C[C@@H]1CCCN1C2=O. The summed E-state index contributed by atoms with van der Waals surface area (Å²) in [6.07, 6.45) is 5.93. The van der Waals surface area contributed by atoms with Crippen LogP contribution >= 0.6 is 0 Å². The van der Waals surface area contributed by atoms with Crippen LogP contribution in [0.2, 0.25) is 0 Å². The number of aryl methyl sites for hydroxylation is 1. The molecular weight excluding hydrogens is 512 g/mol. The first-order chi connectivity index (χ1) is 20.1. The van der Waals surface area contributed by atoms with Crippen LogP contribution < -0.4 is 9.47 Å². The number of ether oxygens (including phenoxy) is 2. The Labute approximate surface area is 238 Å². The van der Waals surface area contributed by atoms with Crippen LogP contribution in [0.15, 0.2) is 89.9 Å². The van der Waals surface area contributed by atoms with Gasteiger partial charge < -0.3 is 14.4 Å². The van der Waals surface area contributed by atoms with Crippen molar-refractivity contribution in [3.63, 3.8) is 0 Å². The Bertz CT molecular complexity index is 1720. The summed E-state index contributed by atoms with van der Waals surface area (Å²) >= 11 is 0. The molecule has 2 aliphatic heterocycles. The van der Waals surface area contributed by atoms with E-state index in [1.807, 2.05) is 103 Å². The summed E-state index contributed by atoms with van der Waals surface area (Å²) in [6.45, 7) is 2.70. The molecule has 3 aliphatic rings. The monoisotopic (exact) mass is 540 g/mol. The molecule has 4 aromatic rings. The fraction of sp³-hybridized carbons (Fsp3) is 0.171. The van der Waals surface area contributed by atoms with Crippen LogP contribution in [0.3, 0.4) is 0 Å². The second kappa shape index (κ2) is 10.2. The van der Waals surface area contributed by atoms with E-state index in [1.54, 1.807) is 0 Å². The predicted molar refractivity (Wildman–Crippen MR) is 159 cm³/mol. The minimum atomic E-state index is 0.00618. The summed E-state index contributed by atoms with van der Waals surface area (Å²) in [5, 5.41) is 0. The van der Waals surface area contributed by atoms with Gasteiger partial charge in [0.2, 0.25) is 6.79 Å². The maximum Gasteiger partial charge on any atom is 0.256 e. The second-order valence-electron chi connectivity index (χ2n) is 10.6. The second-order valence-corrected chi connectivity index (χ2v) is 10.6. The lowest BCUT2D eigenvalue weighted by atomic mass is 9.81. The van der Waals surface area contributed by atoms with E-state index in [0.717, 1.165) is 47.2 Å². The third kappa shape index (κ3) is 4.51. The molecule has 1 saturated heterocycles. The largest absolute Gasteiger partial charge is 0.457 e. The summed E-state index contributed by atoms with van der Waals surface area (Å²) in [5.41, 5.74) is 7.32. The van der Waals surface area contributed by atoms with E-state index in [1.165, 1.54) is 0 Å². The number of aliphatic imine (C=N–C) groups is 1. The maximum absolute atomic E-state index is 13.1. The number of fused-ring (bicyclic) bond motifs is 4. The third-order valence-corrected chi connectivity index (χ3v) is 8.00. The fourth-order valence-electron chi connectivity index (χ4n) is 5.93. The Balaban J connectivity index is 1.11. The van der Waals surface area contributed by atoms with Crippen LogP contribution in [-0.4, -0.2) is 42.2 Å². The van der Waals surface area contributed by atoms with Crippen LogP contribution in [0.4, 0.5) is 5.69 Å². The highest BCUT2D eigenvalue weighted by Crippen LogP contribution is 2.37. The highest BCUT2D eigenvalue weighted by atomic mass is 16.7. The number of benzene rings is 4. The molecule has 0 unspecified atom stereocenters. The van der Waals surface area contributed by atoms with E-state index in [9.17, 15) is 9.59 Å². The summed E-state index contributed by atoms with van der Waals surface area (Å²) < 4.78 is 12.0. The highest BCUT2D eigenvalue weighted by molar-refractivity contribution is 6.20. The normalized spacial score (nSPS) is 16.9. The van der Waals surface area contributed by atoms with Crippen molar-refractivity contribution in [1.82, 2.24) is 4.90 Å². The van der Waals surface area contributed by atoms with E-state index >= 15 is 0 Å². The minimum Gasteiger partial charge on any atom is -0.457 e. The summed E-state index contributed by atoms with van der Waals surface area (Å²) in [6, 6.07) is 27.0. The lowest BCUT2D eigenvalue weighted by Crippen LogP contribution is -2.35. The van der Waals surface area contributed by atoms with Gasteiger partial charge >= 0.3 is 0 Å². The van der Waals surface area contributed by atoms with Crippen LogP contribution in [-0.2, 0) is 0 Å². The van der Waals surface area contributed by atoms with Gasteiger partial charge in [0.1, 0.15) is 11.5 Å². The van der Waals surface area contributed by atoms with E-state index in [-0.39, 0.29) is 24.5 Å². The molecule has 0 N–H and O–H groups in total. The number of nitrogens with zero attached hydrogens (tertiary/aromatic N) is 2. The molecule has 41 heavy (non-hydrogen) atoms. The van der Waals surface area contributed by atoms with Crippen molar-refractivity contribution in [1.29, 1.82) is 0 Å². The zero-order chi connectivity index (χ0) is 27.9. The molecule has 1 fully saturated rings. The molecule has 6 nitrogen and oxygen atoms in total. The van der Waals surface area contributed by atoms with Crippen molar-refractivity contribution in [2.75, 3.05) is 13.3 Å². The molecule has 1 aliphatic carbocycles. The Morgan fingerprint density at radius 1 is 0.854 bits per heavy atom. The molecule has 0 radical (unpaired) electrons. The quantitative estimate of drug-likeness (QED) is 0.228. The first-order valence-electron chi connectivity index (χ1n) is 13.9. The zero-order valence-corrected chi connectivity index (χ0v) is 22.7. The molecule has 6 heteroatoms. The van der Waals surface area contributed by atoms with Gasteiger partial charge in [-0.1, -0.05) is 60.7 Å². The van der Waals surface area contributed by atoms with E-state index in [4.69, 9.17) is 9.47 Å². The highest BCUT2D eigenvalue weighted by Gasteiger charge is 2.32. The van der Waals surface area contributed by atoms with Crippen molar-refractivity contribution < 1.29 is 19.1 Å². The van der Waals surface area contributed by atoms with Crippen molar-refractivity contribution in [2.24, 2.45) is 4.99 Å². The number of carbonyl (C=O) groups excluding carboxylic acids is 2. The number of amides is 1. The van der Waals surface area contributed by atoms with Gasteiger partial charge in [-0.3, -0.25) is 14.6 Å². The zero-order valence-electron chi connectivity index (χ0n) is 22.7. The van der Waals surface area contributed by atoms with Gasteiger partial charge in [-0.15, -0.1) is 0 Å². The molecule has 0 aromatic heterocycles. The number of ketones is 1. The minimum absolute atomic E-state index is 0.00618. The van der Waals surface area contributed by atoms with Gasteiger partial charge in [-0.2, -0.15) is 0 Å². The third-order valence-electron chi connectivity index (χ3n) is 8.00. The lowest BCUT2D eigenvalue weighted by Gasteiger charge is -2.21. The molecule has 202 valence electrons. The van der Waals surface area contributed by atoms with Gasteiger partial charge in [-0.05, 0) is 71.9 Å². The van der Waals surface area contributed by atoms with Gasteiger partial charge in [-0.25, -0.2) is 0 Å². The van der Waals surface area contributed by atoms with Crippen LogP contribution in [0.1, 0.15) is 61.4 Å². The van der Waals surface area contributed by atoms with Crippen molar-refractivity contribution in [3.05, 3.63) is 124 Å². The summed E-state index contributed by atoms with van der Waals surface area (Å²) in [5.74, 6) is 1.37. The molecule has 7 rings (SSSR count). The van der Waals surface area contributed by atoms with E-state index < -0.39 is 0 Å². The average molecular weight is 541 g/mol. The van der Waals surface area contributed by atoms with Gasteiger partial charge in [0, 0.05) is 30.0 Å². The van der Waals surface area contributed by atoms with Gasteiger partial charge in [0.15, 0.2) is 5.78 Å². The van der Waals surface area contributed by atoms with Crippen molar-refractivity contribution in [3.8, 4) is 11.5 Å². The topological polar surface area (TPSA) is 68.2 Å². The molecule has 0 bridgehead atoms. The maximum atomic E-state index is 13.1. The van der Waals surface area contributed by atoms with E-state index in [2.05, 4.69) is 11.1 Å². The predicted octanol–water partition coefficient (Wildman–Crippen LogP) is 6.86. The first kappa shape index (κ1) is 25.0. The van der Waals surface area contributed by atoms with Gasteiger partial charge in [0.05, 0.1) is 17.3 Å². The average Bonchev–Trinajstić information content (AvgIpc) is 3.43.